The molecule has 3 aliphatic carbocycles. The van der Waals surface area contributed by atoms with Crippen molar-refractivity contribution in [1.82, 2.24) is 4.98 Å². The van der Waals surface area contributed by atoms with E-state index in [1.54, 1.807) is 0 Å². The van der Waals surface area contributed by atoms with Gasteiger partial charge in [0.2, 0.25) is 0 Å². The van der Waals surface area contributed by atoms with Crippen molar-refractivity contribution in [2.75, 3.05) is 0 Å². The Morgan fingerprint density at radius 1 is 0.466 bits per heavy atom. The molecule has 8 aromatic carbocycles. The van der Waals surface area contributed by atoms with E-state index < -0.39 is 0 Å². The maximum Gasteiger partial charge on any atom is 0.136 e. The molecule has 2 heteroatoms. The Kier molecular flexibility index (Phi) is 6.52. The molecule has 0 amide bonds. The van der Waals surface area contributed by atoms with Crippen molar-refractivity contribution in [3.63, 3.8) is 0 Å². The van der Waals surface area contributed by atoms with Crippen LogP contribution in [0.3, 0.4) is 0 Å². The van der Waals surface area contributed by atoms with Crippen LogP contribution in [0.4, 0.5) is 0 Å². The molecule has 58 heavy (non-hydrogen) atoms. The maximum atomic E-state index is 6.61. The summed E-state index contributed by atoms with van der Waals surface area (Å²) in [6.07, 6.45) is 6.88. The lowest BCUT2D eigenvalue weighted by molar-refractivity contribution is 0.669. The van der Waals surface area contributed by atoms with E-state index in [-0.39, 0.29) is 5.41 Å². The molecular formula is C56H35NO. The molecule has 0 aliphatic heterocycles. The van der Waals surface area contributed by atoms with E-state index in [2.05, 4.69) is 182 Å². The molecule has 0 radical (unpaired) electrons. The second-order valence-electron chi connectivity index (χ2n) is 16.0. The lowest BCUT2D eigenvalue weighted by atomic mass is 9.68. The smallest absolute Gasteiger partial charge is 0.136 e. The van der Waals surface area contributed by atoms with Gasteiger partial charge in [-0.1, -0.05) is 164 Å². The summed E-state index contributed by atoms with van der Waals surface area (Å²) in [4.78, 5) is 5.39. The van der Waals surface area contributed by atoms with Gasteiger partial charge in [0, 0.05) is 38.1 Å². The fourth-order valence-electron chi connectivity index (χ4n) is 10.8. The van der Waals surface area contributed by atoms with Gasteiger partial charge in [0.05, 0.1) is 16.6 Å². The predicted octanol–water partition coefficient (Wildman–Crippen LogP) is 14.7. The van der Waals surface area contributed by atoms with Crippen LogP contribution in [0.1, 0.15) is 35.1 Å². The fourth-order valence-corrected chi connectivity index (χ4v) is 10.8. The third-order valence-corrected chi connectivity index (χ3v) is 13.2. The van der Waals surface area contributed by atoms with Gasteiger partial charge < -0.3 is 4.42 Å². The highest BCUT2D eigenvalue weighted by atomic mass is 16.3. The average Bonchev–Trinajstić information content (AvgIpc) is 3.92. The molecule has 0 N–H and O–H groups in total. The summed E-state index contributed by atoms with van der Waals surface area (Å²) in [5.74, 6) is 0. The molecule has 13 rings (SSSR count). The summed E-state index contributed by atoms with van der Waals surface area (Å²) < 4.78 is 6.61. The number of fused-ring (bicyclic) bond motifs is 15. The summed E-state index contributed by atoms with van der Waals surface area (Å²) in [7, 11) is 0. The van der Waals surface area contributed by atoms with Crippen molar-refractivity contribution >= 4 is 49.2 Å². The first-order valence-corrected chi connectivity index (χ1v) is 20.3. The van der Waals surface area contributed by atoms with Gasteiger partial charge in [-0.15, -0.1) is 0 Å². The van der Waals surface area contributed by atoms with Crippen molar-refractivity contribution in [2.45, 2.75) is 18.3 Å². The summed E-state index contributed by atoms with van der Waals surface area (Å²) in [5.41, 5.74) is 20.5. The van der Waals surface area contributed by atoms with Gasteiger partial charge in [-0.2, -0.15) is 0 Å². The molecule has 0 unspecified atom stereocenters. The van der Waals surface area contributed by atoms with Crippen LogP contribution in [0.15, 0.2) is 198 Å². The minimum Gasteiger partial charge on any atom is -0.456 e. The van der Waals surface area contributed by atoms with Crippen molar-refractivity contribution in [1.29, 1.82) is 0 Å². The van der Waals surface area contributed by atoms with Crippen LogP contribution in [0.2, 0.25) is 0 Å². The Bertz CT molecular complexity index is 3390. The zero-order valence-electron chi connectivity index (χ0n) is 31.7. The van der Waals surface area contributed by atoms with Gasteiger partial charge in [0.25, 0.3) is 0 Å². The minimum atomic E-state index is -0.252. The third kappa shape index (κ3) is 4.19. The number of pyridine rings is 1. The van der Waals surface area contributed by atoms with Crippen LogP contribution in [0.25, 0.3) is 93.8 Å². The van der Waals surface area contributed by atoms with E-state index in [0.29, 0.717) is 0 Å². The number of allylic oxidation sites excluding steroid dienone is 4. The topological polar surface area (TPSA) is 26.0 Å². The second-order valence-corrected chi connectivity index (χ2v) is 16.0. The number of rotatable bonds is 3. The van der Waals surface area contributed by atoms with E-state index >= 15 is 0 Å². The molecule has 2 aromatic heterocycles. The quantitative estimate of drug-likeness (QED) is 0.169. The monoisotopic (exact) mass is 737 g/mol. The van der Waals surface area contributed by atoms with E-state index in [4.69, 9.17) is 9.40 Å². The largest absolute Gasteiger partial charge is 0.456 e. The van der Waals surface area contributed by atoms with Crippen molar-refractivity contribution in [3.05, 3.63) is 216 Å². The Morgan fingerprint density at radius 2 is 1.12 bits per heavy atom. The van der Waals surface area contributed by atoms with Gasteiger partial charge in [-0.3, -0.25) is 0 Å². The molecule has 0 fully saturated rings. The van der Waals surface area contributed by atoms with E-state index in [1.165, 1.54) is 66.6 Å². The van der Waals surface area contributed by atoms with Crippen LogP contribution in [0, 0.1) is 0 Å². The van der Waals surface area contributed by atoms with E-state index in [1.807, 2.05) is 6.07 Å². The Balaban J connectivity index is 0.995. The summed E-state index contributed by atoms with van der Waals surface area (Å²) in [6, 6.07) is 64.3. The molecule has 0 bridgehead atoms. The van der Waals surface area contributed by atoms with E-state index in [9.17, 15) is 0 Å². The Morgan fingerprint density at radius 3 is 1.93 bits per heavy atom. The number of para-hydroxylation sites is 2. The van der Waals surface area contributed by atoms with Crippen LogP contribution in [-0.4, -0.2) is 4.98 Å². The van der Waals surface area contributed by atoms with Gasteiger partial charge >= 0.3 is 0 Å². The number of furan rings is 1. The third-order valence-electron chi connectivity index (χ3n) is 13.2. The zero-order chi connectivity index (χ0) is 38.0. The first-order chi connectivity index (χ1) is 28.8. The first kappa shape index (κ1) is 31.9. The lowest BCUT2D eigenvalue weighted by Gasteiger charge is -2.33. The lowest BCUT2D eigenvalue weighted by Crippen LogP contribution is -2.27. The standard InChI is InChI=1S/C56H35NO/c1-2-14-35(15-3-1)52-53-41-19-7-12-24-49(41)57-55(44(53)33-51-54(52)42-20-8-13-25-50(42)58-51)36-28-26-34(27-29-36)37-30-31-48-43(32-37)40-18-6-11-23-47(40)56(48)45-21-9-4-16-38(45)39-17-5-10-22-46(39)56/h1-10,12-22,24-33H,11,23H2. The molecule has 2 nitrogen and oxygen atoms in total. The molecule has 270 valence electrons. The van der Waals surface area contributed by atoms with Gasteiger partial charge in [0.1, 0.15) is 11.2 Å². The van der Waals surface area contributed by atoms with Gasteiger partial charge in [0.15, 0.2) is 0 Å². The number of hydrogen-bond acceptors (Lipinski definition) is 2. The minimum absolute atomic E-state index is 0.252. The van der Waals surface area contributed by atoms with Crippen LogP contribution < -0.4 is 0 Å². The predicted molar refractivity (Wildman–Crippen MR) is 240 cm³/mol. The number of benzene rings is 8. The highest BCUT2D eigenvalue weighted by Gasteiger charge is 2.52. The molecule has 0 atom stereocenters. The molecule has 0 saturated carbocycles. The number of hydrogen-bond donors (Lipinski definition) is 0. The Labute approximate surface area is 336 Å². The summed E-state index contributed by atoms with van der Waals surface area (Å²) in [5, 5.41) is 5.68. The zero-order valence-corrected chi connectivity index (χ0v) is 31.7. The van der Waals surface area contributed by atoms with Crippen LogP contribution in [-0.2, 0) is 5.41 Å². The molecular weight excluding hydrogens is 703 g/mol. The van der Waals surface area contributed by atoms with Crippen LogP contribution in [0.5, 0.6) is 0 Å². The normalized spacial score (nSPS) is 14.8. The highest BCUT2D eigenvalue weighted by Crippen LogP contribution is 2.63. The molecule has 2 heterocycles. The average molecular weight is 738 g/mol. The van der Waals surface area contributed by atoms with E-state index in [0.717, 1.165) is 67.9 Å². The highest BCUT2D eigenvalue weighted by molar-refractivity contribution is 6.27. The van der Waals surface area contributed by atoms with Crippen molar-refractivity contribution < 1.29 is 4.42 Å². The molecule has 1 spiro atoms. The maximum absolute atomic E-state index is 6.61. The fraction of sp³-hybridized carbons (Fsp3) is 0.0536. The summed E-state index contributed by atoms with van der Waals surface area (Å²) >= 11 is 0. The van der Waals surface area contributed by atoms with Crippen molar-refractivity contribution in [3.8, 4) is 44.6 Å². The van der Waals surface area contributed by atoms with Gasteiger partial charge in [-0.05, 0) is 98.3 Å². The molecule has 0 saturated heterocycles. The summed E-state index contributed by atoms with van der Waals surface area (Å²) in [6.45, 7) is 0. The number of nitrogens with zero attached hydrogens (tertiary/aromatic N) is 1. The molecule has 10 aromatic rings. The van der Waals surface area contributed by atoms with Gasteiger partial charge in [-0.25, -0.2) is 4.98 Å². The first-order valence-electron chi connectivity index (χ1n) is 20.3. The molecule has 3 aliphatic rings. The number of aromatic nitrogens is 1. The SMILES string of the molecule is C1=CC2=C(CC1)C1(c3ccc(-c4ccc(-c5nc6ccccc6c6c(-c7ccccc7)c7c(cc56)oc5ccccc57)cc4)cc32)c2ccccc2-c2ccccc21. The Hall–Kier alpha value is -7.29. The van der Waals surface area contributed by atoms with Crippen LogP contribution >= 0.6 is 0 Å². The second kappa shape index (κ2) is 11.9. The van der Waals surface area contributed by atoms with Crippen molar-refractivity contribution in [2.24, 2.45) is 0 Å².